The number of aliphatic hydroxyl groups excluding tert-OH is 1. The summed E-state index contributed by atoms with van der Waals surface area (Å²) >= 11 is 0. The summed E-state index contributed by atoms with van der Waals surface area (Å²) in [5, 5.41) is 20.7. The Bertz CT molecular complexity index is 2080. The first-order valence-electron chi connectivity index (χ1n) is 24.0. The van der Waals surface area contributed by atoms with Gasteiger partial charge in [0, 0.05) is 30.1 Å². The van der Waals surface area contributed by atoms with Gasteiger partial charge in [0.1, 0.15) is 0 Å². The molecule has 5 aliphatic carbocycles. The Balaban J connectivity index is 0.932. The van der Waals surface area contributed by atoms with Crippen LogP contribution in [0.25, 0.3) is 0 Å². The molecule has 2 aromatic rings. The van der Waals surface area contributed by atoms with Gasteiger partial charge < -0.3 is 30.1 Å². The largest absolute Gasteiger partial charge is 0.393 e. The second-order valence-corrected chi connectivity index (χ2v) is 23.9. The van der Waals surface area contributed by atoms with Crippen LogP contribution in [0.1, 0.15) is 143 Å². The molecule has 0 radical (unpaired) electrons. The van der Waals surface area contributed by atoms with Crippen molar-refractivity contribution in [1.82, 2.24) is 10.6 Å². The first kappa shape index (κ1) is 47.7. The highest BCUT2D eigenvalue weighted by Crippen LogP contribution is 2.75. The van der Waals surface area contributed by atoms with Crippen molar-refractivity contribution < 1.29 is 33.1 Å². The minimum atomic E-state index is -3.54. The van der Waals surface area contributed by atoms with E-state index in [-0.39, 0.29) is 82.2 Å². The molecule has 2 aromatic carbocycles. The lowest BCUT2D eigenvalue weighted by atomic mass is 9.33. The Morgan fingerprint density at radius 1 is 0.825 bits per heavy atom. The molecular formula is C52H76N3O7P. The van der Waals surface area contributed by atoms with E-state index >= 15 is 0 Å². The first-order valence-corrected chi connectivity index (χ1v) is 25.6. The molecule has 5 aliphatic rings. The molecule has 0 bridgehead atoms. The monoisotopic (exact) mass is 886 g/mol. The van der Waals surface area contributed by atoms with E-state index in [9.17, 15) is 24.1 Å². The maximum Gasteiger partial charge on any atom is 0.357 e. The molecule has 7 rings (SSSR count). The molecule has 4 saturated carbocycles. The normalized spacial score (nSPS) is 35.1. The fourth-order valence-corrected chi connectivity index (χ4v) is 15.7. The van der Waals surface area contributed by atoms with Crippen molar-refractivity contribution in [3.63, 3.8) is 0 Å². The average molecular weight is 886 g/mol. The zero-order chi connectivity index (χ0) is 45.6. The molecule has 10 nitrogen and oxygen atoms in total. The SMILES string of the molecule is CCOP(=O)(OCC)C(Nc1ccc(CC(=O)NCCCNC(=O)[C@@]2(C)CC[C@]3(C)CC[C@]4(C)C(=CC(=O)[C@@H]5[C@@]6(C)CC[C@H](O)C(C)(C)[C@@H]6CC[C@]54C)[C@@H]3C2)cc1)c1ccccc1. The summed E-state index contributed by atoms with van der Waals surface area (Å²) in [6.07, 6.45) is 10.9. The number of fused-ring (bicyclic) bond motifs is 7. The zero-order valence-corrected chi connectivity index (χ0v) is 40.5. The van der Waals surface area contributed by atoms with E-state index in [1.54, 1.807) is 13.8 Å². The molecule has 0 aliphatic heterocycles. The Morgan fingerprint density at radius 2 is 1.48 bits per heavy atom. The number of nitrogens with one attached hydrogen (secondary N) is 3. The van der Waals surface area contributed by atoms with Gasteiger partial charge in [-0.1, -0.05) is 96.5 Å². The zero-order valence-electron chi connectivity index (χ0n) is 39.6. The van der Waals surface area contributed by atoms with E-state index in [2.05, 4.69) is 70.5 Å². The predicted molar refractivity (Wildman–Crippen MR) is 250 cm³/mol. The van der Waals surface area contributed by atoms with Gasteiger partial charge in [0.15, 0.2) is 11.6 Å². The van der Waals surface area contributed by atoms with Crippen LogP contribution in [0.15, 0.2) is 66.2 Å². The number of allylic oxidation sites excluding steroid dienone is 2. The molecule has 1 unspecified atom stereocenters. The summed E-state index contributed by atoms with van der Waals surface area (Å²) in [4.78, 5) is 41.8. The third-order valence-corrected chi connectivity index (χ3v) is 20.0. The van der Waals surface area contributed by atoms with E-state index in [4.69, 9.17) is 9.05 Å². The van der Waals surface area contributed by atoms with Crippen molar-refractivity contribution in [2.45, 2.75) is 145 Å². The molecule has 0 aromatic heterocycles. The third-order valence-electron chi connectivity index (χ3n) is 17.7. The lowest BCUT2D eigenvalue weighted by Crippen LogP contribution is -2.66. The minimum absolute atomic E-state index is 0.0512. The number of rotatable bonds is 15. The van der Waals surface area contributed by atoms with Crippen LogP contribution in [0, 0.1) is 50.2 Å². The Labute approximate surface area is 377 Å². The van der Waals surface area contributed by atoms with Crippen LogP contribution < -0.4 is 16.0 Å². The quantitative estimate of drug-likeness (QED) is 0.102. The molecule has 11 heteroatoms. The standard InChI is InChI=1S/C52H76N3O7P/c1-10-61-63(60,62-11-2)45(36-16-13-12-14-17-36)55-37-20-18-35(19-21-37)32-43(58)53-30-15-31-54-46(59)49(6)27-26-48(5)28-29-51(8)38(39(48)34-49)33-40(56)44-50(7)24-23-42(57)47(3,4)41(50)22-25-52(44,51)9/h12-14,16-21,33,39,41-42,44-45,55,57H,10-11,15,22-32,34H2,1-9H3,(H,53,58)(H,54,59)/t39-,41-,42-,44+,45?,48+,49-,50-,51+,52+/m0/s1. The summed E-state index contributed by atoms with van der Waals surface area (Å²) in [6.45, 7) is 21.2. The highest BCUT2D eigenvalue weighted by atomic mass is 31.2. The summed E-state index contributed by atoms with van der Waals surface area (Å²) in [7, 11) is -3.54. The van der Waals surface area contributed by atoms with Gasteiger partial charge in [-0.25, -0.2) is 0 Å². The van der Waals surface area contributed by atoms with Gasteiger partial charge in [-0.3, -0.25) is 18.9 Å². The number of benzene rings is 2. The van der Waals surface area contributed by atoms with Crippen molar-refractivity contribution in [2.24, 2.45) is 50.2 Å². The topological polar surface area (TPSA) is 143 Å². The summed E-state index contributed by atoms with van der Waals surface area (Å²) in [5.74, 6) is -0.0589. The summed E-state index contributed by atoms with van der Waals surface area (Å²) in [6, 6.07) is 17.0. The number of aliphatic hydroxyl groups is 1. The van der Waals surface area contributed by atoms with Crippen LogP contribution in [0.4, 0.5) is 5.69 Å². The fourth-order valence-electron chi connectivity index (χ4n) is 13.8. The van der Waals surface area contributed by atoms with Gasteiger partial charge in [-0.15, -0.1) is 0 Å². The van der Waals surface area contributed by atoms with E-state index < -0.39 is 18.8 Å². The number of anilines is 1. The molecule has 0 heterocycles. The average Bonchev–Trinajstić information content (AvgIpc) is 3.23. The van der Waals surface area contributed by atoms with Gasteiger partial charge in [-0.2, -0.15) is 0 Å². The van der Waals surface area contributed by atoms with E-state index in [0.717, 1.165) is 74.6 Å². The number of amides is 2. The van der Waals surface area contributed by atoms with Crippen LogP contribution in [0.5, 0.6) is 0 Å². The lowest BCUT2D eigenvalue weighted by molar-refractivity contribution is -0.202. The fraction of sp³-hybridized carbons (Fsp3) is 0.673. The molecule has 346 valence electrons. The summed E-state index contributed by atoms with van der Waals surface area (Å²) < 4.78 is 25.3. The number of hydrogen-bond donors (Lipinski definition) is 4. The van der Waals surface area contributed by atoms with Crippen molar-refractivity contribution in [2.75, 3.05) is 31.6 Å². The van der Waals surface area contributed by atoms with Crippen molar-refractivity contribution in [1.29, 1.82) is 0 Å². The van der Waals surface area contributed by atoms with Gasteiger partial charge in [0.2, 0.25) is 11.8 Å². The van der Waals surface area contributed by atoms with Gasteiger partial charge >= 0.3 is 7.60 Å². The van der Waals surface area contributed by atoms with Crippen LogP contribution in [-0.2, 0) is 34.4 Å². The van der Waals surface area contributed by atoms with Crippen LogP contribution in [-0.4, -0.2) is 55.1 Å². The van der Waals surface area contributed by atoms with E-state index in [0.29, 0.717) is 25.4 Å². The molecule has 10 atom stereocenters. The van der Waals surface area contributed by atoms with Crippen LogP contribution in [0.3, 0.4) is 0 Å². The molecule has 63 heavy (non-hydrogen) atoms. The maximum atomic E-state index is 14.7. The molecule has 4 N–H and O–H groups in total. The summed E-state index contributed by atoms with van der Waals surface area (Å²) in [5.41, 5.74) is 2.49. The van der Waals surface area contributed by atoms with Crippen LogP contribution in [0.2, 0.25) is 0 Å². The predicted octanol–water partition coefficient (Wildman–Crippen LogP) is 10.6. The minimum Gasteiger partial charge on any atom is -0.393 e. The Morgan fingerprint density at radius 3 is 2.14 bits per heavy atom. The number of hydrogen-bond acceptors (Lipinski definition) is 8. The smallest absolute Gasteiger partial charge is 0.357 e. The van der Waals surface area contributed by atoms with Crippen molar-refractivity contribution >= 4 is 30.9 Å². The molecular weight excluding hydrogens is 810 g/mol. The number of ketones is 1. The highest BCUT2D eigenvalue weighted by molar-refractivity contribution is 7.54. The highest BCUT2D eigenvalue weighted by Gasteiger charge is 2.70. The Kier molecular flexibility index (Phi) is 13.5. The molecule has 4 fully saturated rings. The molecule has 0 spiro atoms. The molecule has 0 saturated heterocycles. The second kappa shape index (κ2) is 17.8. The van der Waals surface area contributed by atoms with Crippen LogP contribution >= 0.6 is 7.60 Å². The van der Waals surface area contributed by atoms with Crippen molar-refractivity contribution in [3.05, 3.63) is 77.4 Å². The first-order chi connectivity index (χ1) is 29.7. The third kappa shape index (κ3) is 8.53. The van der Waals surface area contributed by atoms with E-state index in [1.165, 1.54) is 5.57 Å². The van der Waals surface area contributed by atoms with Crippen molar-refractivity contribution in [3.8, 4) is 0 Å². The van der Waals surface area contributed by atoms with E-state index in [1.807, 2.05) is 54.6 Å². The van der Waals surface area contributed by atoms with Gasteiger partial charge in [-0.05, 0) is 146 Å². The maximum absolute atomic E-state index is 14.7. The Hall–Kier alpha value is -3.30. The number of carbonyl (C=O) groups excluding carboxylic acids is 3. The molecule has 2 amide bonds. The van der Waals surface area contributed by atoms with Gasteiger partial charge in [0.05, 0.1) is 25.7 Å². The van der Waals surface area contributed by atoms with Gasteiger partial charge in [0.25, 0.3) is 0 Å². The number of carbonyl (C=O) groups is 3. The lowest BCUT2D eigenvalue weighted by Gasteiger charge is -2.70. The second-order valence-electron chi connectivity index (χ2n) is 21.8.